The third-order valence-electron chi connectivity index (χ3n) is 5.32. The third kappa shape index (κ3) is 4.73. The van der Waals surface area contributed by atoms with Crippen LogP contribution in [-0.2, 0) is 6.42 Å². The number of ketones is 1. The van der Waals surface area contributed by atoms with Crippen molar-refractivity contribution in [1.29, 1.82) is 0 Å². The number of Topliss-reactive ketones (excluding diaryl/α,β-unsaturated/α-hetero) is 1. The van der Waals surface area contributed by atoms with Gasteiger partial charge in [0.25, 0.3) is 0 Å². The molecule has 2 aromatic carbocycles. The largest absolute Gasteiger partial charge is 0.508 e. The number of carbonyl (C=O) groups excluding carboxylic acids is 1. The Balaban J connectivity index is 1.91. The number of carbonyl (C=O) groups is 1. The molecule has 2 aromatic rings. The quantitative estimate of drug-likeness (QED) is 0.447. The van der Waals surface area contributed by atoms with Gasteiger partial charge in [-0.25, -0.2) is 0 Å². The summed E-state index contributed by atoms with van der Waals surface area (Å²) in [5.74, 6) is 0.494. The SMILES string of the molecule is CC(=CCc1c([C@@H]2CC(=O)c3ccc(O)cc3O2)ccc(O)c1O)CCC(C)C. The Hall–Kier alpha value is -2.95. The molecule has 1 aliphatic rings. The molecule has 0 bridgehead atoms. The van der Waals surface area contributed by atoms with Crippen molar-refractivity contribution >= 4 is 5.78 Å². The van der Waals surface area contributed by atoms with Crippen LogP contribution in [0.3, 0.4) is 0 Å². The van der Waals surface area contributed by atoms with Crippen molar-refractivity contribution in [3.8, 4) is 23.0 Å². The smallest absolute Gasteiger partial charge is 0.170 e. The van der Waals surface area contributed by atoms with Crippen molar-refractivity contribution in [2.75, 3.05) is 0 Å². The van der Waals surface area contributed by atoms with Gasteiger partial charge in [-0.05, 0) is 50.3 Å². The van der Waals surface area contributed by atoms with Crippen LogP contribution in [0.1, 0.15) is 67.6 Å². The predicted octanol–water partition coefficient (Wildman–Crippen LogP) is 5.43. The third-order valence-corrected chi connectivity index (χ3v) is 5.32. The van der Waals surface area contributed by atoms with Gasteiger partial charge in [-0.1, -0.05) is 31.6 Å². The molecule has 0 unspecified atom stereocenters. The molecule has 0 aliphatic carbocycles. The maximum Gasteiger partial charge on any atom is 0.170 e. The van der Waals surface area contributed by atoms with Gasteiger partial charge < -0.3 is 20.1 Å². The minimum Gasteiger partial charge on any atom is -0.508 e. The highest BCUT2D eigenvalue weighted by atomic mass is 16.5. The summed E-state index contributed by atoms with van der Waals surface area (Å²) in [6.07, 6.45) is 4.07. The minimum absolute atomic E-state index is 0.0229. The van der Waals surface area contributed by atoms with E-state index in [2.05, 4.69) is 20.8 Å². The zero-order valence-corrected chi connectivity index (χ0v) is 17.1. The number of fused-ring (bicyclic) bond motifs is 1. The molecule has 0 fully saturated rings. The second-order valence-corrected chi connectivity index (χ2v) is 8.10. The monoisotopic (exact) mass is 396 g/mol. The molecule has 0 saturated heterocycles. The second-order valence-electron chi connectivity index (χ2n) is 8.10. The van der Waals surface area contributed by atoms with Crippen LogP contribution in [0.15, 0.2) is 42.0 Å². The first-order chi connectivity index (χ1) is 13.8. The van der Waals surface area contributed by atoms with E-state index in [9.17, 15) is 20.1 Å². The van der Waals surface area contributed by atoms with E-state index >= 15 is 0 Å². The molecule has 1 heterocycles. The van der Waals surface area contributed by atoms with Gasteiger partial charge in [0, 0.05) is 17.2 Å². The molecule has 29 heavy (non-hydrogen) atoms. The van der Waals surface area contributed by atoms with Gasteiger partial charge in [-0.2, -0.15) is 0 Å². The zero-order chi connectivity index (χ0) is 21.1. The standard InChI is InChI=1S/C24H28O5/c1-14(2)4-5-15(3)6-8-18-17(10-11-20(26)24(18)28)23-13-21(27)19-9-7-16(25)12-22(19)29-23/h6-7,9-12,14,23,25-26,28H,4-5,8,13H2,1-3H3/t23-/m0/s1. The molecule has 0 radical (unpaired) electrons. The summed E-state index contributed by atoms with van der Waals surface area (Å²) in [7, 11) is 0. The maximum atomic E-state index is 12.6. The maximum absolute atomic E-state index is 12.6. The lowest BCUT2D eigenvalue weighted by Crippen LogP contribution is -2.21. The first kappa shape index (κ1) is 20.8. The lowest BCUT2D eigenvalue weighted by Gasteiger charge is -2.27. The summed E-state index contributed by atoms with van der Waals surface area (Å²) in [5, 5.41) is 30.2. The summed E-state index contributed by atoms with van der Waals surface area (Å²) < 4.78 is 6.00. The van der Waals surface area contributed by atoms with E-state index < -0.39 is 6.10 Å². The van der Waals surface area contributed by atoms with Crippen molar-refractivity contribution < 1.29 is 24.9 Å². The number of aromatic hydroxyl groups is 3. The molecule has 1 atom stereocenters. The fourth-order valence-corrected chi connectivity index (χ4v) is 3.54. The Morgan fingerprint density at radius 1 is 1.21 bits per heavy atom. The molecule has 0 spiro atoms. The highest BCUT2D eigenvalue weighted by Gasteiger charge is 2.30. The van der Waals surface area contributed by atoms with E-state index in [1.807, 2.05) is 6.08 Å². The average Bonchev–Trinajstić information content (AvgIpc) is 2.66. The average molecular weight is 396 g/mol. The molecule has 1 aliphatic heterocycles. The van der Waals surface area contributed by atoms with E-state index in [1.54, 1.807) is 12.1 Å². The molecule has 5 nitrogen and oxygen atoms in total. The number of benzene rings is 2. The van der Waals surface area contributed by atoms with E-state index in [1.165, 1.54) is 23.8 Å². The van der Waals surface area contributed by atoms with Gasteiger partial charge in [0.15, 0.2) is 17.3 Å². The number of ether oxygens (including phenoxy) is 1. The van der Waals surface area contributed by atoms with E-state index in [0.29, 0.717) is 34.8 Å². The number of phenolic OH excluding ortho intramolecular Hbond substituents is 3. The minimum atomic E-state index is -0.595. The van der Waals surface area contributed by atoms with Crippen molar-refractivity contribution in [1.82, 2.24) is 0 Å². The zero-order valence-electron chi connectivity index (χ0n) is 17.1. The van der Waals surface area contributed by atoms with E-state index in [-0.39, 0.29) is 29.5 Å². The first-order valence-electron chi connectivity index (χ1n) is 9.98. The molecule has 154 valence electrons. The lowest BCUT2D eigenvalue weighted by atomic mass is 9.91. The van der Waals surface area contributed by atoms with Gasteiger partial charge in [-0.3, -0.25) is 4.79 Å². The normalized spacial score (nSPS) is 16.6. The molecular formula is C24H28O5. The van der Waals surface area contributed by atoms with Crippen LogP contribution in [-0.4, -0.2) is 21.1 Å². The summed E-state index contributed by atoms with van der Waals surface area (Å²) in [6, 6.07) is 7.54. The first-order valence-corrected chi connectivity index (χ1v) is 9.98. The van der Waals surface area contributed by atoms with Crippen LogP contribution in [0.2, 0.25) is 0 Å². The predicted molar refractivity (Wildman–Crippen MR) is 112 cm³/mol. The molecular weight excluding hydrogens is 368 g/mol. The van der Waals surface area contributed by atoms with Crippen LogP contribution < -0.4 is 4.74 Å². The lowest BCUT2D eigenvalue weighted by molar-refractivity contribution is 0.0848. The number of phenols is 3. The van der Waals surface area contributed by atoms with Crippen LogP contribution in [0.25, 0.3) is 0 Å². The summed E-state index contributed by atoms with van der Waals surface area (Å²) in [6.45, 7) is 6.42. The van der Waals surface area contributed by atoms with Gasteiger partial charge in [0.1, 0.15) is 17.6 Å². The molecule has 0 saturated carbocycles. The van der Waals surface area contributed by atoms with Gasteiger partial charge >= 0.3 is 0 Å². The molecule has 0 amide bonds. The number of rotatable bonds is 6. The molecule has 0 aromatic heterocycles. The van der Waals surface area contributed by atoms with E-state index in [4.69, 9.17) is 4.74 Å². The van der Waals surface area contributed by atoms with Crippen LogP contribution >= 0.6 is 0 Å². The Kier molecular flexibility index (Phi) is 6.16. The molecule has 3 rings (SSSR count). The van der Waals surface area contributed by atoms with Gasteiger partial charge in [0.05, 0.1) is 12.0 Å². The Bertz CT molecular complexity index is 943. The number of hydrogen-bond acceptors (Lipinski definition) is 5. The Morgan fingerprint density at radius 2 is 1.97 bits per heavy atom. The molecule has 5 heteroatoms. The number of hydrogen-bond donors (Lipinski definition) is 3. The van der Waals surface area contributed by atoms with Crippen molar-refractivity contribution in [3.63, 3.8) is 0 Å². The van der Waals surface area contributed by atoms with Crippen molar-refractivity contribution in [2.24, 2.45) is 5.92 Å². The second kappa shape index (κ2) is 8.60. The number of allylic oxidation sites excluding steroid dienone is 2. The summed E-state index contributed by atoms with van der Waals surface area (Å²) in [5.41, 5.74) is 2.86. The van der Waals surface area contributed by atoms with Gasteiger partial charge in [-0.15, -0.1) is 0 Å². The Labute approximate surface area is 171 Å². The molecule has 3 N–H and O–H groups in total. The van der Waals surface area contributed by atoms with Gasteiger partial charge in [0.2, 0.25) is 0 Å². The fourth-order valence-electron chi connectivity index (χ4n) is 3.54. The van der Waals surface area contributed by atoms with Crippen molar-refractivity contribution in [3.05, 3.63) is 58.7 Å². The topological polar surface area (TPSA) is 87.0 Å². The van der Waals surface area contributed by atoms with Crippen LogP contribution in [0.4, 0.5) is 0 Å². The highest BCUT2D eigenvalue weighted by molar-refractivity contribution is 6.00. The van der Waals surface area contributed by atoms with Crippen molar-refractivity contribution in [2.45, 2.75) is 52.6 Å². The van der Waals surface area contributed by atoms with E-state index in [0.717, 1.165) is 12.8 Å². The van der Waals surface area contributed by atoms with Crippen LogP contribution in [0, 0.1) is 5.92 Å². The van der Waals surface area contributed by atoms with Crippen LogP contribution in [0.5, 0.6) is 23.0 Å². The highest BCUT2D eigenvalue weighted by Crippen LogP contribution is 2.41. The fraction of sp³-hybridized carbons (Fsp3) is 0.375. The summed E-state index contributed by atoms with van der Waals surface area (Å²) in [4.78, 5) is 12.6. The Morgan fingerprint density at radius 3 is 2.69 bits per heavy atom. The summed E-state index contributed by atoms with van der Waals surface area (Å²) >= 11 is 0.